The molecule has 1 aliphatic carbocycles. The van der Waals surface area contributed by atoms with E-state index in [9.17, 15) is 9.18 Å². The Morgan fingerprint density at radius 1 is 1.28 bits per heavy atom. The molecule has 25 heavy (non-hydrogen) atoms. The van der Waals surface area contributed by atoms with Crippen molar-refractivity contribution < 1.29 is 9.18 Å². The van der Waals surface area contributed by atoms with Crippen LogP contribution in [0.15, 0.2) is 42.5 Å². The number of amides is 1. The van der Waals surface area contributed by atoms with Crippen molar-refractivity contribution in [2.45, 2.75) is 32.7 Å². The van der Waals surface area contributed by atoms with Crippen LogP contribution in [0.4, 0.5) is 4.39 Å². The first-order chi connectivity index (χ1) is 12.1. The molecular formula is C21H21FN2O. The van der Waals surface area contributed by atoms with E-state index in [1.54, 1.807) is 12.1 Å². The number of halogens is 1. The van der Waals surface area contributed by atoms with Gasteiger partial charge < -0.3 is 10.3 Å². The van der Waals surface area contributed by atoms with Crippen LogP contribution < -0.4 is 5.32 Å². The fourth-order valence-electron chi connectivity index (χ4n) is 3.75. The van der Waals surface area contributed by atoms with Gasteiger partial charge in [-0.15, -0.1) is 0 Å². The molecule has 0 radical (unpaired) electrons. The van der Waals surface area contributed by atoms with Gasteiger partial charge in [-0.05, 0) is 61.1 Å². The predicted octanol–water partition coefficient (Wildman–Crippen LogP) is 4.04. The molecule has 0 bridgehead atoms. The van der Waals surface area contributed by atoms with Crippen LogP contribution in [0, 0.1) is 18.7 Å². The molecule has 2 N–H and O–H groups in total. The van der Waals surface area contributed by atoms with E-state index >= 15 is 0 Å². The van der Waals surface area contributed by atoms with E-state index < -0.39 is 0 Å². The second-order valence-corrected chi connectivity index (χ2v) is 6.86. The van der Waals surface area contributed by atoms with E-state index in [4.69, 9.17) is 0 Å². The average molecular weight is 336 g/mol. The van der Waals surface area contributed by atoms with Crippen LogP contribution in [0.5, 0.6) is 0 Å². The van der Waals surface area contributed by atoms with Crippen LogP contribution in [-0.2, 0) is 24.2 Å². The SMILES string of the molecule is Cc1ccccc1CNC(=O)C1CCc2[nH]c3ccc(F)cc3c2C1. The van der Waals surface area contributed by atoms with Gasteiger partial charge in [-0.3, -0.25) is 4.79 Å². The van der Waals surface area contributed by atoms with Gasteiger partial charge in [0, 0.05) is 29.1 Å². The Balaban J connectivity index is 1.50. The zero-order valence-corrected chi connectivity index (χ0v) is 14.2. The zero-order chi connectivity index (χ0) is 17.4. The number of carbonyl (C=O) groups excluding carboxylic acids is 1. The first-order valence-electron chi connectivity index (χ1n) is 8.73. The molecule has 3 aromatic rings. The molecule has 0 aliphatic heterocycles. The van der Waals surface area contributed by atoms with E-state index in [0.717, 1.165) is 40.6 Å². The average Bonchev–Trinajstić information content (AvgIpc) is 2.98. The molecule has 1 aromatic heterocycles. The molecule has 0 fully saturated rings. The summed E-state index contributed by atoms with van der Waals surface area (Å²) >= 11 is 0. The number of nitrogens with one attached hydrogen (secondary N) is 2. The number of carbonyl (C=O) groups is 1. The Kier molecular flexibility index (Phi) is 4.04. The molecule has 1 heterocycles. The van der Waals surface area contributed by atoms with Crippen molar-refractivity contribution in [2.24, 2.45) is 5.92 Å². The number of aryl methyl sites for hydroxylation is 2. The van der Waals surface area contributed by atoms with Gasteiger partial charge in [-0.25, -0.2) is 4.39 Å². The number of fused-ring (bicyclic) bond motifs is 3. The first kappa shape index (κ1) is 15.9. The van der Waals surface area contributed by atoms with Crippen molar-refractivity contribution in [3.05, 3.63) is 70.7 Å². The summed E-state index contributed by atoms with van der Waals surface area (Å²) in [6.45, 7) is 2.60. The van der Waals surface area contributed by atoms with Crippen LogP contribution in [0.25, 0.3) is 10.9 Å². The molecule has 2 aromatic carbocycles. The second kappa shape index (κ2) is 6.36. The first-order valence-corrected chi connectivity index (χ1v) is 8.73. The summed E-state index contributed by atoms with van der Waals surface area (Å²) < 4.78 is 13.6. The molecule has 1 atom stereocenters. The van der Waals surface area contributed by atoms with Crippen LogP contribution in [-0.4, -0.2) is 10.9 Å². The van der Waals surface area contributed by atoms with Gasteiger partial charge in [0.05, 0.1) is 0 Å². The number of rotatable bonds is 3. The molecule has 1 unspecified atom stereocenters. The summed E-state index contributed by atoms with van der Waals surface area (Å²) in [6.07, 6.45) is 2.31. The Labute approximate surface area is 146 Å². The third-order valence-electron chi connectivity index (χ3n) is 5.24. The van der Waals surface area contributed by atoms with Crippen molar-refractivity contribution >= 4 is 16.8 Å². The highest BCUT2D eigenvalue weighted by Gasteiger charge is 2.27. The van der Waals surface area contributed by atoms with Gasteiger partial charge in [-0.1, -0.05) is 24.3 Å². The Morgan fingerprint density at radius 2 is 2.12 bits per heavy atom. The van der Waals surface area contributed by atoms with Gasteiger partial charge in [0.1, 0.15) is 5.82 Å². The normalized spacial score (nSPS) is 16.6. The summed E-state index contributed by atoms with van der Waals surface area (Å²) in [6, 6.07) is 12.9. The number of hydrogen-bond acceptors (Lipinski definition) is 1. The Morgan fingerprint density at radius 3 is 2.96 bits per heavy atom. The third-order valence-corrected chi connectivity index (χ3v) is 5.24. The summed E-state index contributed by atoms with van der Waals surface area (Å²) in [4.78, 5) is 16.0. The number of H-pyrrole nitrogens is 1. The van der Waals surface area contributed by atoms with Crippen LogP contribution in [0.2, 0.25) is 0 Å². The monoisotopic (exact) mass is 336 g/mol. The molecule has 4 rings (SSSR count). The number of aromatic amines is 1. The number of hydrogen-bond donors (Lipinski definition) is 2. The molecule has 3 nitrogen and oxygen atoms in total. The van der Waals surface area contributed by atoms with Crippen molar-refractivity contribution in [2.75, 3.05) is 0 Å². The van der Waals surface area contributed by atoms with Crippen LogP contribution in [0.1, 0.15) is 28.8 Å². The second-order valence-electron chi connectivity index (χ2n) is 6.86. The molecule has 1 aliphatic rings. The fourth-order valence-corrected chi connectivity index (χ4v) is 3.75. The molecule has 128 valence electrons. The Hall–Kier alpha value is -2.62. The van der Waals surface area contributed by atoms with Crippen molar-refractivity contribution in [3.8, 4) is 0 Å². The van der Waals surface area contributed by atoms with E-state index in [0.29, 0.717) is 13.0 Å². The van der Waals surface area contributed by atoms with Gasteiger partial charge in [0.25, 0.3) is 0 Å². The lowest BCUT2D eigenvalue weighted by molar-refractivity contribution is -0.125. The number of benzene rings is 2. The predicted molar refractivity (Wildman–Crippen MR) is 96.8 cm³/mol. The fraction of sp³-hybridized carbons (Fsp3) is 0.286. The van der Waals surface area contributed by atoms with E-state index in [-0.39, 0.29) is 17.6 Å². The van der Waals surface area contributed by atoms with Gasteiger partial charge in [-0.2, -0.15) is 0 Å². The molecular weight excluding hydrogens is 315 g/mol. The lowest BCUT2D eigenvalue weighted by atomic mass is 9.85. The van der Waals surface area contributed by atoms with E-state index in [2.05, 4.69) is 23.3 Å². The minimum atomic E-state index is -0.236. The maximum atomic E-state index is 13.6. The highest BCUT2D eigenvalue weighted by molar-refractivity contribution is 5.87. The summed E-state index contributed by atoms with van der Waals surface area (Å²) in [5, 5.41) is 3.98. The van der Waals surface area contributed by atoms with Crippen LogP contribution >= 0.6 is 0 Å². The molecule has 0 saturated heterocycles. The zero-order valence-electron chi connectivity index (χ0n) is 14.2. The maximum absolute atomic E-state index is 13.6. The third kappa shape index (κ3) is 3.04. The minimum absolute atomic E-state index is 0.0567. The standard InChI is InChI=1S/C21H21FN2O/c1-13-4-2-3-5-15(13)12-23-21(25)14-6-8-19-17(10-14)18-11-16(22)7-9-20(18)24-19/h2-5,7,9,11,14,24H,6,8,10,12H2,1H3,(H,23,25). The Bertz CT molecular complexity index is 944. The molecule has 0 saturated carbocycles. The molecule has 4 heteroatoms. The maximum Gasteiger partial charge on any atom is 0.223 e. The summed E-state index contributed by atoms with van der Waals surface area (Å²) in [5.41, 5.74) is 5.51. The smallest absolute Gasteiger partial charge is 0.223 e. The largest absolute Gasteiger partial charge is 0.358 e. The minimum Gasteiger partial charge on any atom is -0.358 e. The van der Waals surface area contributed by atoms with Gasteiger partial charge in [0.2, 0.25) is 5.91 Å². The lowest BCUT2D eigenvalue weighted by Gasteiger charge is -2.22. The quantitative estimate of drug-likeness (QED) is 0.745. The van der Waals surface area contributed by atoms with Crippen LogP contribution in [0.3, 0.4) is 0 Å². The number of aromatic nitrogens is 1. The highest BCUT2D eigenvalue weighted by Crippen LogP contribution is 2.32. The van der Waals surface area contributed by atoms with Gasteiger partial charge >= 0.3 is 0 Å². The summed E-state index contributed by atoms with van der Waals surface area (Å²) in [7, 11) is 0. The van der Waals surface area contributed by atoms with E-state index in [1.807, 2.05) is 18.2 Å². The lowest BCUT2D eigenvalue weighted by Crippen LogP contribution is -2.33. The van der Waals surface area contributed by atoms with Crippen molar-refractivity contribution in [1.29, 1.82) is 0 Å². The van der Waals surface area contributed by atoms with Crippen molar-refractivity contribution in [1.82, 2.24) is 10.3 Å². The van der Waals surface area contributed by atoms with E-state index in [1.165, 1.54) is 11.6 Å². The van der Waals surface area contributed by atoms with Gasteiger partial charge in [0.15, 0.2) is 0 Å². The topological polar surface area (TPSA) is 44.9 Å². The van der Waals surface area contributed by atoms with Crippen molar-refractivity contribution in [3.63, 3.8) is 0 Å². The summed E-state index contributed by atoms with van der Waals surface area (Å²) in [5.74, 6) is -0.209. The molecule has 1 amide bonds. The molecule has 0 spiro atoms. The highest BCUT2D eigenvalue weighted by atomic mass is 19.1.